The average Bonchev–Trinajstić information content (AvgIpc) is 3.83. The molecule has 3 amide bonds. The summed E-state index contributed by atoms with van der Waals surface area (Å²) in [7, 11) is 0. The summed E-state index contributed by atoms with van der Waals surface area (Å²) in [5, 5.41) is 6.15. The van der Waals surface area contributed by atoms with Gasteiger partial charge >= 0.3 is 12.1 Å². The van der Waals surface area contributed by atoms with Gasteiger partial charge < -0.3 is 25.4 Å². The van der Waals surface area contributed by atoms with Crippen LogP contribution in [0, 0.1) is 0 Å². The van der Waals surface area contributed by atoms with Crippen LogP contribution < -0.4 is 16.4 Å². The number of likely N-dealkylation sites (tertiary alicyclic amines) is 1. The molecule has 0 radical (unpaired) electrons. The fourth-order valence-corrected chi connectivity index (χ4v) is 6.79. The molecule has 4 aromatic rings. The van der Waals surface area contributed by atoms with Crippen molar-refractivity contribution in [2.45, 2.75) is 50.9 Å². The molecule has 2 heterocycles. The van der Waals surface area contributed by atoms with Crippen molar-refractivity contribution in [3.05, 3.63) is 130 Å². The fraction of sp³-hybridized carbons (Fsp3) is 0.289. The minimum Gasteiger partial charge on any atom is -0.465 e. The maximum absolute atomic E-state index is 14.5. The Morgan fingerprint density at radius 3 is 2.18 bits per heavy atom. The Balaban J connectivity index is 1.26. The molecule has 1 aromatic heterocycles. The largest absolute Gasteiger partial charge is 0.465 e. The van der Waals surface area contributed by atoms with Crippen molar-refractivity contribution >= 4 is 41.0 Å². The predicted molar refractivity (Wildman–Crippen MR) is 191 cm³/mol. The molecule has 50 heavy (non-hydrogen) atoms. The SMILES string of the molecule is CCOC(=O)CN[C@@H](C(=O)N1CCC[C@H]1C(=O)NCc1ccc(/C(N)=N/C(=O)OCc2ccccc2)s1)C(c1ccccc1)c1ccccc1. The van der Waals surface area contributed by atoms with E-state index in [1.165, 1.54) is 11.3 Å². The Bertz CT molecular complexity index is 1730. The lowest BCUT2D eigenvalue weighted by Crippen LogP contribution is -2.55. The molecule has 1 saturated heterocycles. The summed E-state index contributed by atoms with van der Waals surface area (Å²) in [5.74, 6) is -1.43. The van der Waals surface area contributed by atoms with Crippen molar-refractivity contribution in [3.8, 4) is 0 Å². The maximum Gasteiger partial charge on any atom is 0.435 e. The molecule has 1 aliphatic heterocycles. The number of nitrogens with two attached hydrogens (primary N) is 1. The number of nitrogens with one attached hydrogen (secondary N) is 2. The number of esters is 1. The van der Waals surface area contributed by atoms with Crippen molar-refractivity contribution in [2.24, 2.45) is 10.7 Å². The van der Waals surface area contributed by atoms with Crippen LogP contribution >= 0.6 is 11.3 Å². The summed E-state index contributed by atoms with van der Waals surface area (Å²) < 4.78 is 10.4. The third kappa shape index (κ3) is 9.64. The number of hydrogen-bond acceptors (Lipinski definition) is 8. The van der Waals surface area contributed by atoms with Crippen molar-refractivity contribution in [2.75, 3.05) is 19.7 Å². The second kappa shape index (κ2) is 17.9. The number of ether oxygens (including phenoxy) is 2. The van der Waals surface area contributed by atoms with E-state index >= 15 is 0 Å². The lowest BCUT2D eigenvalue weighted by molar-refractivity contribution is -0.143. The summed E-state index contributed by atoms with van der Waals surface area (Å²) in [4.78, 5) is 59.5. The first-order valence-electron chi connectivity index (χ1n) is 16.5. The highest BCUT2D eigenvalue weighted by atomic mass is 32.1. The summed E-state index contributed by atoms with van der Waals surface area (Å²) in [6, 6.07) is 30.6. The van der Waals surface area contributed by atoms with Crippen LogP contribution in [0.3, 0.4) is 0 Å². The van der Waals surface area contributed by atoms with Crippen molar-refractivity contribution in [1.29, 1.82) is 0 Å². The molecular formula is C38H41N5O6S. The molecule has 0 saturated carbocycles. The zero-order valence-electron chi connectivity index (χ0n) is 27.8. The first-order chi connectivity index (χ1) is 24.3. The first-order valence-corrected chi connectivity index (χ1v) is 17.4. The number of amidine groups is 1. The van der Waals surface area contributed by atoms with Gasteiger partial charge in [0, 0.05) is 17.3 Å². The monoisotopic (exact) mass is 695 g/mol. The Morgan fingerprint density at radius 2 is 1.54 bits per heavy atom. The van der Waals surface area contributed by atoms with Gasteiger partial charge in [-0.05, 0) is 48.6 Å². The highest BCUT2D eigenvalue weighted by Crippen LogP contribution is 2.31. The van der Waals surface area contributed by atoms with Crippen LogP contribution in [-0.4, -0.2) is 66.4 Å². The average molecular weight is 696 g/mol. The maximum atomic E-state index is 14.5. The van der Waals surface area contributed by atoms with Crippen LogP contribution in [0.15, 0.2) is 108 Å². The fourth-order valence-electron chi connectivity index (χ4n) is 5.94. The third-order valence-electron chi connectivity index (χ3n) is 8.29. The molecule has 1 aliphatic rings. The van der Waals surface area contributed by atoms with Crippen molar-refractivity contribution < 1.29 is 28.7 Å². The number of rotatable bonds is 14. The van der Waals surface area contributed by atoms with Crippen molar-refractivity contribution in [1.82, 2.24) is 15.5 Å². The van der Waals surface area contributed by atoms with Crippen LogP contribution in [0.4, 0.5) is 4.79 Å². The Kier molecular flexibility index (Phi) is 12.9. The van der Waals surface area contributed by atoms with Gasteiger partial charge in [0.1, 0.15) is 18.5 Å². The number of nitrogens with zero attached hydrogens (tertiary/aromatic N) is 2. The first kappa shape index (κ1) is 36.0. The van der Waals surface area contributed by atoms with Gasteiger partial charge in [0.05, 0.1) is 30.6 Å². The molecule has 2 atom stereocenters. The second-order valence-corrected chi connectivity index (χ2v) is 12.8. The van der Waals surface area contributed by atoms with Crippen LogP contribution in [-0.2, 0) is 37.0 Å². The van der Waals surface area contributed by atoms with E-state index in [-0.39, 0.29) is 44.0 Å². The number of carbonyl (C=O) groups excluding carboxylic acids is 4. The minimum atomic E-state index is -0.848. The van der Waals surface area contributed by atoms with Crippen LogP contribution in [0.2, 0.25) is 0 Å². The number of thiophene rings is 1. The molecule has 0 bridgehead atoms. The van der Waals surface area contributed by atoms with Gasteiger partial charge in [-0.3, -0.25) is 19.7 Å². The van der Waals surface area contributed by atoms with Crippen LogP contribution in [0.5, 0.6) is 0 Å². The molecule has 12 heteroatoms. The molecular weight excluding hydrogens is 655 g/mol. The third-order valence-corrected chi connectivity index (χ3v) is 9.40. The topological polar surface area (TPSA) is 152 Å². The Labute approximate surface area is 295 Å². The molecule has 3 aromatic carbocycles. The summed E-state index contributed by atoms with van der Waals surface area (Å²) in [6.07, 6.45) is 0.369. The number of benzene rings is 3. The van der Waals surface area contributed by atoms with E-state index in [0.29, 0.717) is 24.3 Å². The molecule has 5 rings (SSSR count). The standard InChI is InChI=1S/C38H41N5O6S/c1-2-48-32(44)24-40-34(33(27-15-8-4-9-16-27)28-17-10-5-11-18-28)37(46)43-22-12-19-30(43)36(45)41-23-29-20-21-31(50-29)35(39)42-38(47)49-25-26-13-6-3-7-14-26/h3-11,13-18,20-21,30,33-34,40H,2,12,19,22-25H2,1H3,(H,41,45)(H2,39,42,47)/t30-,34+/m0/s1. The van der Waals surface area contributed by atoms with E-state index in [4.69, 9.17) is 15.2 Å². The number of hydrogen-bond donors (Lipinski definition) is 3. The van der Waals surface area contributed by atoms with Crippen LogP contribution in [0.1, 0.15) is 52.1 Å². The zero-order valence-corrected chi connectivity index (χ0v) is 28.6. The molecule has 11 nitrogen and oxygen atoms in total. The highest BCUT2D eigenvalue weighted by Gasteiger charge is 2.40. The van der Waals surface area contributed by atoms with Gasteiger partial charge in [-0.1, -0.05) is 91.0 Å². The minimum absolute atomic E-state index is 0.0194. The molecule has 260 valence electrons. The molecule has 0 aliphatic carbocycles. The van der Waals surface area contributed by atoms with E-state index in [1.54, 1.807) is 24.0 Å². The van der Waals surface area contributed by atoms with Crippen molar-refractivity contribution in [3.63, 3.8) is 0 Å². The molecule has 0 spiro atoms. The lowest BCUT2D eigenvalue weighted by Gasteiger charge is -2.33. The van der Waals surface area contributed by atoms with Gasteiger partial charge in [-0.2, -0.15) is 4.99 Å². The van der Waals surface area contributed by atoms with Gasteiger partial charge in [0.2, 0.25) is 11.8 Å². The van der Waals surface area contributed by atoms with Gasteiger partial charge in [-0.25, -0.2) is 4.79 Å². The van der Waals surface area contributed by atoms with Gasteiger partial charge in [0.15, 0.2) is 0 Å². The van der Waals surface area contributed by atoms with E-state index in [2.05, 4.69) is 15.6 Å². The summed E-state index contributed by atoms with van der Waals surface area (Å²) >= 11 is 1.29. The second-order valence-electron chi connectivity index (χ2n) is 11.7. The van der Waals surface area contributed by atoms with Gasteiger partial charge in [0.25, 0.3) is 0 Å². The number of aliphatic imine (C=N–C) groups is 1. The number of carbonyl (C=O) groups is 4. The molecule has 1 fully saturated rings. The van der Waals surface area contributed by atoms with Crippen LogP contribution in [0.25, 0.3) is 0 Å². The van der Waals surface area contributed by atoms with E-state index in [0.717, 1.165) is 21.6 Å². The molecule has 0 unspecified atom stereocenters. The lowest BCUT2D eigenvalue weighted by atomic mass is 9.84. The quantitative estimate of drug-likeness (QED) is 0.0972. The Hall–Kier alpha value is -5.33. The summed E-state index contributed by atoms with van der Waals surface area (Å²) in [5.41, 5.74) is 8.71. The predicted octanol–water partition coefficient (Wildman–Crippen LogP) is 4.75. The molecule has 4 N–H and O–H groups in total. The Morgan fingerprint density at radius 1 is 0.900 bits per heavy atom. The smallest absolute Gasteiger partial charge is 0.435 e. The highest BCUT2D eigenvalue weighted by molar-refractivity contribution is 7.14. The number of amides is 3. The van der Waals surface area contributed by atoms with Gasteiger partial charge in [-0.15, -0.1) is 11.3 Å². The zero-order chi connectivity index (χ0) is 35.3. The van der Waals surface area contributed by atoms with E-state index in [1.807, 2.05) is 91.0 Å². The summed E-state index contributed by atoms with van der Waals surface area (Å²) in [6.45, 7) is 2.48. The van der Waals surface area contributed by atoms with E-state index < -0.39 is 30.1 Å². The normalized spacial score (nSPS) is 15.0. The van der Waals surface area contributed by atoms with E-state index in [9.17, 15) is 19.2 Å².